The third-order valence-electron chi connectivity index (χ3n) is 6.48. The molecule has 0 saturated heterocycles. The molecule has 13 nitrogen and oxygen atoms in total. The first-order chi connectivity index (χ1) is 19.6. The van der Waals surface area contributed by atoms with Gasteiger partial charge < -0.3 is 42.6 Å². The zero-order valence-corrected chi connectivity index (χ0v) is 22.2. The van der Waals surface area contributed by atoms with Crippen LogP contribution >= 0.6 is 0 Å². The molecular weight excluding hydrogens is 532 g/mol. The van der Waals surface area contributed by atoms with Crippen LogP contribution < -0.4 is 27.4 Å². The molecule has 218 valence electrons. The number of carboxylic acids is 1. The molecular formula is C28H34N6O7. The van der Waals surface area contributed by atoms with Crippen molar-refractivity contribution in [2.45, 2.75) is 49.9 Å². The molecule has 0 saturated carbocycles. The summed E-state index contributed by atoms with van der Waals surface area (Å²) in [6, 6.07) is 10.9. The molecule has 4 unspecified atom stereocenters. The highest BCUT2D eigenvalue weighted by molar-refractivity contribution is 5.95. The van der Waals surface area contributed by atoms with Crippen molar-refractivity contribution in [3.8, 4) is 0 Å². The summed E-state index contributed by atoms with van der Waals surface area (Å²) in [5.74, 6) is -4.41. The number of rotatable bonds is 15. The summed E-state index contributed by atoms with van der Waals surface area (Å²) < 4.78 is 0. The van der Waals surface area contributed by atoms with Crippen LogP contribution in [-0.4, -0.2) is 75.6 Å². The Morgan fingerprint density at radius 1 is 0.805 bits per heavy atom. The molecule has 1 heterocycles. The number of H-pyrrole nitrogens is 1. The Morgan fingerprint density at radius 3 is 2.07 bits per heavy atom. The zero-order valence-electron chi connectivity index (χ0n) is 22.2. The van der Waals surface area contributed by atoms with E-state index in [1.807, 2.05) is 24.3 Å². The Bertz CT molecular complexity index is 1380. The number of aromatic amines is 1. The van der Waals surface area contributed by atoms with Crippen molar-refractivity contribution >= 4 is 40.5 Å². The molecule has 3 rings (SSSR count). The van der Waals surface area contributed by atoms with Gasteiger partial charge in [-0.2, -0.15) is 0 Å². The summed E-state index contributed by atoms with van der Waals surface area (Å²) >= 11 is 0. The first kappa shape index (κ1) is 30.8. The zero-order chi connectivity index (χ0) is 29.9. The number of carboxylic acid groups (broad SMARTS) is 1. The van der Waals surface area contributed by atoms with Gasteiger partial charge in [0.05, 0.1) is 6.61 Å². The number of nitrogens with one attached hydrogen (secondary N) is 4. The number of carbonyl (C=O) groups is 5. The van der Waals surface area contributed by atoms with E-state index < -0.39 is 60.4 Å². The molecule has 41 heavy (non-hydrogen) atoms. The Balaban J connectivity index is 1.87. The molecule has 4 amide bonds. The normalized spacial score (nSPS) is 13.9. The van der Waals surface area contributed by atoms with E-state index >= 15 is 0 Å². The van der Waals surface area contributed by atoms with Crippen LogP contribution in [-0.2, 0) is 36.8 Å². The second-order valence-electron chi connectivity index (χ2n) is 9.57. The molecule has 0 aliphatic carbocycles. The van der Waals surface area contributed by atoms with Gasteiger partial charge in [-0.15, -0.1) is 0 Å². The number of para-hydroxylation sites is 1. The molecule has 10 N–H and O–H groups in total. The molecule has 0 radical (unpaired) electrons. The second kappa shape index (κ2) is 14.6. The van der Waals surface area contributed by atoms with Gasteiger partial charge in [0.15, 0.2) is 0 Å². The van der Waals surface area contributed by atoms with Crippen molar-refractivity contribution in [3.05, 3.63) is 71.9 Å². The van der Waals surface area contributed by atoms with Crippen molar-refractivity contribution in [1.29, 1.82) is 0 Å². The van der Waals surface area contributed by atoms with Crippen LogP contribution in [0.1, 0.15) is 24.0 Å². The average Bonchev–Trinajstić information content (AvgIpc) is 3.36. The topological polar surface area (TPSA) is 230 Å². The maximum Gasteiger partial charge on any atom is 0.326 e. The van der Waals surface area contributed by atoms with Crippen LogP contribution in [0, 0.1) is 0 Å². The molecule has 1 aromatic heterocycles. The molecule has 0 bridgehead atoms. The highest BCUT2D eigenvalue weighted by atomic mass is 16.4. The number of carbonyl (C=O) groups excluding carboxylic acids is 4. The Labute approximate surface area is 235 Å². The van der Waals surface area contributed by atoms with E-state index in [0.29, 0.717) is 11.1 Å². The summed E-state index contributed by atoms with van der Waals surface area (Å²) in [7, 11) is 0. The summed E-state index contributed by atoms with van der Waals surface area (Å²) in [4.78, 5) is 65.6. The van der Waals surface area contributed by atoms with E-state index in [1.165, 1.54) is 0 Å². The van der Waals surface area contributed by atoms with E-state index in [1.54, 1.807) is 36.5 Å². The molecule has 13 heteroatoms. The van der Waals surface area contributed by atoms with E-state index in [4.69, 9.17) is 11.5 Å². The minimum absolute atomic E-state index is 0.00596. The molecule has 3 aromatic rings. The number of aromatic nitrogens is 1. The minimum Gasteiger partial charge on any atom is -0.480 e. The number of amides is 4. The van der Waals surface area contributed by atoms with E-state index in [-0.39, 0.29) is 25.7 Å². The van der Waals surface area contributed by atoms with E-state index in [9.17, 15) is 34.2 Å². The molecule has 4 atom stereocenters. The standard InChI is InChI=1S/C28H34N6O7/c29-19(15-35)25(37)32-21(10-11-24(30)36)26(38)33-22(13-17-14-31-20-9-5-4-8-18(17)20)27(39)34-23(28(40)41)12-16-6-2-1-3-7-16/h1-9,14,19,21-23,31,35H,10-13,15,29H2,(H2,30,36)(H,32,37)(H,33,38)(H,34,39)(H,40,41). The largest absolute Gasteiger partial charge is 0.480 e. The number of benzene rings is 2. The Hall–Kier alpha value is -4.75. The van der Waals surface area contributed by atoms with Crippen molar-refractivity contribution in [2.75, 3.05) is 6.61 Å². The molecule has 0 aliphatic rings. The van der Waals surface area contributed by atoms with Gasteiger partial charge in [-0.1, -0.05) is 48.5 Å². The Kier molecular flexibility index (Phi) is 11.0. The van der Waals surface area contributed by atoms with Crippen LogP contribution in [0.25, 0.3) is 10.9 Å². The number of aliphatic hydroxyl groups excluding tert-OH is 1. The number of hydrogen-bond donors (Lipinski definition) is 8. The monoisotopic (exact) mass is 566 g/mol. The number of aliphatic hydroxyl groups is 1. The first-order valence-corrected chi connectivity index (χ1v) is 13.0. The number of aliphatic carboxylic acids is 1. The lowest BCUT2D eigenvalue weighted by Gasteiger charge is -2.25. The fraction of sp³-hybridized carbons (Fsp3) is 0.321. The number of nitrogens with two attached hydrogens (primary N) is 2. The second-order valence-corrected chi connectivity index (χ2v) is 9.57. The van der Waals surface area contributed by atoms with Crippen molar-refractivity contribution in [1.82, 2.24) is 20.9 Å². The highest BCUT2D eigenvalue weighted by Crippen LogP contribution is 2.19. The van der Waals surface area contributed by atoms with Crippen molar-refractivity contribution < 1.29 is 34.2 Å². The van der Waals surface area contributed by atoms with Gasteiger partial charge in [-0.25, -0.2) is 4.79 Å². The van der Waals surface area contributed by atoms with Crippen molar-refractivity contribution in [3.63, 3.8) is 0 Å². The lowest BCUT2D eigenvalue weighted by atomic mass is 10.0. The maximum atomic E-state index is 13.5. The summed E-state index contributed by atoms with van der Waals surface area (Å²) in [6.45, 7) is -0.681. The fourth-order valence-corrected chi connectivity index (χ4v) is 4.24. The van der Waals surface area contributed by atoms with Crippen molar-refractivity contribution in [2.24, 2.45) is 11.5 Å². The van der Waals surface area contributed by atoms with Gasteiger partial charge in [0.25, 0.3) is 0 Å². The summed E-state index contributed by atoms with van der Waals surface area (Å²) in [6.07, 6.45) is 1.21. The summed E-state index contributed by atoms with van der Waals surface area (Å²) in [5, 5.41) is 27.3. The molecule has 2 aromatic carbocycles. The van der Waals surface area contributed by atoms with E-state index in [2.05, 4.69) is 20.9 Å². The lowest BCUT2D eigenvalue weighted by molar-refractivity contribution is -0.142. The third-order valence-corrected chi connectivity index (χ3v) is 6.48. The lowest BCUT2D eigenvalue weighted by Crippen LogP contribution is -2.58. The average molecular weight is 567 g/mol. The van der Waals surface area contributed by atoms with Gasteiger partial charge in [0.1, 0.15) is 24.2 Å². The number of primary amides is 1. The molecule has 0 spiro atoms. The van der Waals surface area contributed by atoms with Gasteiger partial charge in [-0.05, 0) is 23.6 Å². The van der Waals surface area contributed by atoms with Crippen LogP contribution in [0.3, 0.4) is 0 Å². The van der Waals surface area contributed by atoms with Crippen LogP contribution in [0.4, 0.5) is 0 Å². The smallest absolute Gasteiger partial charge is 0.326 e. The highest BCUT2D eigenvalue weighted by Gasteiger charge is 2.31. The quantitative estimate of drug-likeness (QED) is 0.114. The Morgan fingerprint density at radius 2 is 1.41 bits per heavy atom. The van der Waals surface area contributed by atoms with E-state index in [0.717, 1.165) is 10.9 Å². The van der Waals surface area contributed by atoms with Crippen LogP contribution in [0.2, 0.25) is 0 Å². The number of hydrogen-bond acceptors (Lipinski definition) is 7. The predicted molar refractivity (Wildman–Crippen MR) is 149 cm³/mol. The SMILES string of the molecule is NC(=O)CCC(NC(=O)C(N)CO)C(=O)NC(Cc1c[nH]c2ccccc12)C(=O)NC(Cc1ccccc1)C(=O)O. The first-order valence-electron chi connectivity index (χ1n) is 13.0. The van der Waals surface area contributed by atoms with Gasteiger partial charge in [0.2, 0.25) is 23.6 Å². The molecule has 0 aliphatic heterocycles. The minimum atomic E-state index is -1.32. The van der Waals surface area contributed by atoms with Crippen LogP contribution in [0.15, 0.2) is 60.8 Å². The van der Waals surface area contributed by atoms with Gasteiger partial charge >= 0.3 is 5.97 Å². The molecule has 0 fully saturated rings. The van der Waals surface area contributed by atoms with Crippen LogP contribution in [0.5, 0.6) is 0 Å². The predicted octanol–water partition coefficient (Wildman–Crippen LogP) is -0.923. The third kappa shape index (κ3) is 8.88. The van der Waals surface area contributed by atoms with Gasteiger partial charge in [-0.3, -0.25) is 19.2 Å². The summed E-state index contributed by atoms with van der Waals surface area (Å²) in [5.41, 5.74) is 12.9. The fourth-order valence-electron chi connectivity index (χ4n) is 4.24. The van der Waals surface area contributed by atoms with Gasteiger partial charge in [0, 0.05) is 36.4 Å². The number of fused-ring (bicyclic) bond motifs is 1. The maximum absolute atomic E-state index is 13.5.